The Bertz CT molecular complexity index is 519. The van der Waals surface area contributed by atoms with Crippen LogP contribution in [-0.2, 0) is 4.79 Å². The highest BCUT2D eigenvalue weighted by atomic mass is 35.5. The second-order valence-corrected chi connectivity index (χ2v) is 6.46. The second-order valence-electron chi connectivity index (χ2n) is 6.02. The Morgan fingerprint density at radius 1 is 1.55 bits per heavy atom. The summed E-state index contributed by atoms with van der Waals surface area (Å²) in [5.41, 5.74) is 0.943. The monoisotopic (exact) mass is 324 g/mol. The minimum Gasteiger partial charge on any atom is -0.481 e. The lowest BCUT2D eigenvalue weighted by Gasteiger charge is -2.34. The number of ether oxygens (including phenoxy) is 1. The maximum absolute atomic E-state index is 12.6. The Hall–Kier alpha value is -1.26. The minimum atomic E-state index is -0.479. The van der Waals surface area contributed by atoms with Gasteiger partial charge in [-0.1, -0.05) is 11.6 Å². The van der Waals surface area contributed by atoms with E-state index in [0.717, 1.165) is 31.6 Å². The molecular formula is C17H25ClN2O2. The van der Waals surface area contributed by atoms with Crippen LogP contribution in [0, 0.1) is 12.8 Å². The summed E-state index contributed by atoms with van der Waals surface area (Å²) in [5.74, 6) is 1.32. The molecule has 0 radical (unpaired) electrons. The number of hydrogen-bond donors (Lipinski definition) is 1. The van der Waals surface area contributed by atoms with Crippen LogP contribution < -0.4 is 10.1 Å². The smallest absolute Gasteiger partial charge is 0.263 e. The first-order valence-electron chi connectivity index (χ1n) is 7.87. The SMILES string of the molecule is CNC[C@H]1CCCN(C(=O)[C@H](C)Oc2ccc(Cl)cc2C)C1. The molecule has 4 nitrogen and oxygen atoms in total. The number of rotatable bonds is 5. The van der Waals surface area contributed by atoms with Crippen molar-refractivity contribution in [2.45, 2.75) is 32.8 Å². The number of halogens is 1. The topological polar surface area (TPSA) is 41.6 Å². The van der Waals surface area contributed by atoms with Crippen LogP contribution in [0.3, 0.4) is 0 Å². The molecule has 0 aliphatic carbocycles. The number of benzene rings is 1. The zero-order valence-electron chi connectivity index (χ0n) is 13.6. The fraction of sp³-hybridized carbons (Fsp3) is 0.588. The molecule has 0 bridgehead atoms. The van der Waals surface area contributed by atoms with E-state index in [1.165, 1.54) is 6.42 Å². The largest absolute Gasteiger partial charge is 0.481 e. The number of carbonyl (C=O) groups is 1. The van der Waals surface area contributed by atoms with Crippen LogP contribution in [-0.4, -0.2) is 43.6 Å². The van der Waals surface area contributed by atoms with Gasteiger partial charge in [0.2, 0.25) is 0 Å². The molecule has 122 valence electrons. The van der Waals surface area contributed by atoms with Crippen molar-refractivity contribution in [1.82, 2.24) is 10.2 Å². The van der Waals surface area contributed by atoms with Crippen molar-refractivity contribution in [2.75, 3.05) is 26.7 Å². The van der Waals surface area contributed by atoms with Crippen molar-refractivity contribution in [2.24, 2.45) is 5.92 Å². The number of aryl methyl sites for hydroxylation is 1. The quantitative estimate of drug-likeness (QED) is 0.905. The van der Waals surface area contributed by atoms with E-state index in [-0.39, 0.29) is 5.91 Å². The fourth-order valence-corrected chi connectivity index (χ4v) is 3.19. The van der Waals surface area contributed by atoms with E-state index in [4.69, 9.17) is 16.3 Å². The molecule has 0 saturated carbocycles. The van der Waals surface area contributed by atoms with E-state index in [1.807, 2.05) is 37.9 Å². The molecule has 0 spiro atoms. The molecule has 1 aromatic carbocycles. The van der Waals surface area contributed by atoms with Gasteiger partial charge in [-0.3, -0.25) is 4.79 Å². The van der Waals surface area contributed by atoms with E-state index in [2.05, 4.69) is 5.32 Å². The summed E-state index contributed by atoms with van der Waals surface area (Å²) < 4.78 is 5.84. The summed E-state index contributed by atoms with van der Waals surface area (Å²) in [6, 6.07) is 5.45. The average Bonchev–Trinajstić information content (AvgIpc) is 2.50. The molecule has 2 rings (SSSR count). The Morgan fingerprint density at radius 2 is 2.32 bits per heavy atom. The third-order valence-corrected chi connectivity index (χ3v) is 4.35. The first-order chi connectivity index (χ1) is 10.5. The Labute approximate surface area is 137 Å². The van der Waals surface area contributed by atoms with Gasteiger partial charge < -0.3 is 15.0 Å². The first kappa shape index (κ1) is 17.1. The third kappa shape index (κ3) is 4.37. The number of nitrogens with zero attached hydrogens (tertiary/aromatic N) is 1. The Kier molecular flexibility index (Phi) is 6.09. The van der Waals surface area contributed by atoms with Crippen molar-refractivity contribution >= 4 is 17.5 Å². The van der Waals surface area contributed by atoms with Gasteiger partial charge in [0, 0.05) is 18.1 Å². The van der Waals surface area contributed by atoms with Gasteiger partial charge in [-0.15, -0.1) is 0 Å². The highest BCUT2D eigenvalue weighted by Gasteiger charge is 2.27. The predicted molar refractivity (Wildman–Crippen MR) is 89.5 cm³/mol. The van der Waals surface area contributed by atoms with Crippen LogP contribution in [0.5, 0.6) is 5.75 Å². The van der Waals surface area contributed by atoms with Gasteiger partial charge in [-0.05, 0) is 70.0 Å². The van der Waals surface area contributed by atoms with Crippen LogP contribution in [0.1, 0.15) is 25.3 Å². The molecule has 1 fully saturated rings. The number of amides is 1. The highest BCUT2D eigenvalue weighted by Crippen LogP contribution is 2.24. The predicted octanol–water partition coefficient (Wildman–Crippen LogP) is 2.87. The molecule has 1 heterocycles. The van der Waals surface area contributed by atoms with Gasteiger partial charge in [-0.2, -0.15) is 0 Å². The van der Waals surface area contributed by atoms with Gasteiger partial charge >= 0.3 is 0 Å². The zero-order valence-corrected chi connectivity index (χ0v) is 14.3. The molecule has 0 aromatic heterocycles. The summed E-state index contributed by atoms with van der Waals surface area (Å²) in [4.78, 5) is 14.5. The maximum Gasteiger partial charge on any atom is 0.263 e. The summed E-state index contributed by atoms with van der Waals surface area (Å²) in [5, 5.41) is 3.87. The van der Waals surface area contributed by atoms with Crippen molar-refractivity contribution in [3.63, 3.8) is 0 Å². The lowest BCUT2D eigenvalue weighted by Crippen LogP contribution is -2.47. The lowest BCUT2D eigenvalue weighted by molar-refractivity contribution is -0.139. The molecule has 2 atom stereocenters. The molecule has 1 aromatic rings. The summed E-state index contributed by atoms with van der Waals surface area (Å²) in [6.45, 7) is 6.34. The molecule has 1 N–H and O–H groups in total. The summed E-state index contributed by atoms with van der Waals surface area (Å²) in [7, 11) is 1.95. The van der Waals surface area contributed by atoms with E-state index in [0.29, 0.717) is 16.7 Å². The number of carbonyl (C=O) groups excluding carboxylic acids is 1. The van der Waals surface area contributed by atoms with Crippen LogP contribution in [0.4, 0.5) is 0 Å². The van der Waals surface area contributed by atoms with Crippen molar-refractivity contribution in [1.29, 1.82) is 0 Å². The van der Waals surface area contributed by atoms with Crippen LogP contribution in [0.15, 0.2) is 18.2 Å². The zero-order chi connectivity index (χ0) is 16.1. The molecule has 22 heavy (non-hydrogen) atoms. The first-order valence-corrected chi connectivity index (χ1v) is 8.25. The van der Waals surface area contributed by atoms with E-state index in [1.54, 1.807) is 6.07 Å². The lowest BCUT2D eigenvalue weighted by atomic mass is 9.97. The molecule has 1 saturated heterocycles. The summed E-state index contributed by atoms with van der Waals surface area (Å²) >= 11 is 5.95. The normalized spacial score (nSPS) is 19.8. The third-order valence-electron chi connectivity index (χ3n) is 4.11. The van der Waals surface area contributed by atoms with E-state index < -0.39 is 6.10 Å². The number of hydrogen-bond acceptors (Lipinski definition) is 3. The molecule has 5 heteroatoms. The van der Waals surface area contributed by atoms with Gasteiger partial charge in [0.25, 0.3) is 5.91 Å². The number of likely N-dealkylation sites (tertiary alicyclic amines) is 1. The Morgan fingerprint density at radius 3 is 3.00 bits per heavy atom. The van der Waals surface area contributed by atoms with Crippen molar-refractivity contribution in [3.8, 4) is 5.75 Å². The molecular weight excluding hydrogens is 300 g/mol. The Balaban J connectivity index is 1.96. The van der Waals surface area contributed by atoms with Gasteiger partial charge in [-0.25, -0.2) is 0 Å². The van der Waals surface area contributed by atoms with Crippen LogP contribution in [0.25, 0.3) is 0 Å². The maximum atomic E-state index is 12.6. The van der Waals surface area contributed by atoms with Gasteiger partial charge in [0.05, 0.1) is 0 Å². The van der Waals surface area contributed by atoms with Gasteiger partial charge in [0.15, 0.2) is 6.10 Å². The van der Waals surface area contributed by atoms with Crippen molar-refractivity contribution in [3.05, 3.63) is 28.8 Å². The van der Waals surface area contributed by atoms with Gasteiger partial charge in [0.1, 0.15) is 5.75 Å². The highest BCUT2D eigenvalue weighted by molar-refractivity contribution is 6.30. The van der Waals surface area contributed by atoms with E-state index in [9.17, 15) is 4.79 Å². The molecule has 1 amide bonds. The summed E-state index contributed by atoms with van der Waals surface area (Å²) in [6.07, 6.45) is 1.76. The average molecular weight is 325 g/mol. The molecule has 0 unspecified atom stereocenters. The molecule has 1 aliphatic rings. The van der Waals surface area contributed by atoms with Crippen molar-refractivity contribution < 1.29 is 9.53 Å². The minimum absolute atomic E-state index is 0.0650. The molecule has 1 aliphatic heterocycles. The van der Waals surface area contributed by atoms with E-state index >= 15 is 0 Å². The second kappa shape index (κ2) is 7.84. The van der Waals surface area contributed by atoms with Crippen LogP contribution >= 0.6 is 11.6 Å². The van der Waals surface area contributed by atoms with Crippen LogP contribution in [0.2, 0.25) is 5.02 Å². The number of nitrogens with one attached hydrogen (secondary N) is 1. The number of piperidine rings is 1. The fourth-order valence-electron chi connectivity index (χ4n) is 2.96. The standard InChI is InChI=1S/C17H25ClN2O2/c1-12-9-15(18)6-7-16(12)22-13(2)17(21)20-8-4-5-14(11-20)10-19-3/h6-7,9,13-14,19H,4-5,8,10-11H2,1-3H3/t13-,14+/m0/s1.